The molecular weight excluding hydrogens is 304 g/mol. The van der Waals surface area contributed by atoms with Gasteiger partial charge in [0.2, 0.25) is 0 Å². The van der Waals surface area contributed by atoms with E-state index < -0.39 is 0 Å². The summed E-state index contributed by atoms with van der Waals surface area (Å²) in [5.74, 6) is 0. The highest BCUT2D eigenvalue weighted by Gasteiger charge is 2.04. The summed E-state index contributed by atoms with van der Waals surface area (Å²) in [6, 6.07) is 15.0. The molecule has 0 bridgehead atoms. The van der Waals surface area contributed by atoms with Gasteiger partial charge in [-0.2, -0.15) is 0 Å². The van der Waals surface area contributed by atoms with Crippen LogP contribution in [0.2, 0.25) is 0 Å². The van der Waals surface area contributed by atoms with Gasteiger partial charge in [-0.15, -0.1) is 0 Å². The van der Waals surface area contributed by atoms with Crippen LogP contribution in [0.15, 0.2) is 48.5 Å². The maximum absolute atomic E-state index is 8.59. The molecule has 7 nitrogen and oxygen atoms in total. The number of aliphatic hydroxyl groups excluding tert-OH is 1. The van der Waals surface area contributed by atoms with Crippen LogP contribution < -0.4 is 33.4 Å². The number of benzene rings is 2. The zero-order chi connectivity index (χ0) is 17.9. The molecule has 0 radical (unpaired) electrons. The van der Waals surface area contributed by atoms with Crippen molar-refractivity contribution in [3.63, 3.8) is 0 Å². The molecule has 0 aliphatic heterocycles. The van der Waals surface area contributed by atoms with E-state index in [1.807, 2.05) is 38.2 Å². The number of nitrogen functional groups attached to an aromatic ring is 1. The first-order valence-corrected chi connectivity index (χ1v) is 7.71. The standard InChI is InChI=1S/C10H19N5.C7H9NO/c1-7(11)14-15-10(12)8-3-5-9(13-2)6-4-8;8-7-3-1-6(5-9)2-4-7/h3-7,10,13-15H,11-12H2,1-2H3;1-4,9H,5,8H2. The van der Waals surface area contributed by atoms with Gasteiger partial charge >= 0.3 is 0 Å². The van der Waals surface area contributed by atoms with Gasteiger partial charge in [0.1, 0.15) is 0 Å². The number of hydrazine groups is 1. The van der Waals surface area contributed by atoms with Gasteiger partial charge in [-0.25, -0.2) is 10.9 Å². The van der Waals surface area contributed by atoms with Crippen molar-refractivity contribution in [2.75, 3.05) is 18.1 Å². The SMILES string of the molecule is CNc1ccc(C(N)NNC(C)N)cc1.Nc1ccc(CO)cc1. The number of rotatable bonds is 6. The third-order valence-corrected chi connectivity index (χ3v) is 3.19. The molecule has 10 N–H and O–H groups in total. The predicted molar refractivity (Wildman–Crippen MR) is 99.6 cm³/mol. The number of anilines is 2. The Balaban J connectivity index is 0.000000272. The molecule has 0 aromatic heterocycles. The summed E-state index contributed by atoms with van der Waals surface area (Å²) in [7, 11) is 1.88. The molecule has 2 rings (SSSR count). The number of nitrogens with one attached hydrogen (secondary N) is 3. The first-order valence-electron chi connectivity index (χ1n) is 7.71. The van der Waals surface area contributed by atoms with Crippen molar-refractivity contribution >= 4 is 11.4 Å². The van der Waals surface area contributed by atoms with E-state index in [1.54, 1.807) is 24.3 Å². The van der Waals surface area contributed by atoms with Crippen molar-refractivity contribution in [2.24, 2.45) is 11.5 Å². The lowest BCUT2D eigenvalue weighted by Gasteiger charge is -2.17. The Kier molecular flexibility index (Phi) is 8.77. The summed E-state index contributed by atoms with van der Waals surface area (Å²) in [5.41, 5.74) is 26.3. The van der Waals surface area contributed by atoms with Crippen LogP contribution in [-0.4, -0.2) is 18.3 Å². The van der Waals surface area contributed by atoms with E-state index in [4.69, 9.17) is 22.3 Å². The van der Waals surface area contributed by atoms with Crippen LogP contribution in [0.4, 0.5) is 11.4 Å². The van der Waals surface area contributed by atoms with Crippen LogP contribution in [0.25, 0.3) is 0 Å². The van der Waals surface area contributed by atoms with Gasteiger partial charge in [0, 0.05) is 18.4 Å². The van der Waals surface area contributed by atoms with Crippen LogP contribution in [0, 0.1) is 0 Å². The molecule has 7 heteroatoms. The van der Waals surface area contributed by atoms with E-state index >= 15 is 0 Å². The molecule has 0 aliphatic carbocycles. The van der Waals surface area contributed by atoms with E-state index in [0.717, 1.165) is 22.5 Å². The van der Waals surface area contributed by atoms with Crippen molar-refractivity contribution in [1.82, 2.24) is 10.9 Å². The van der Waals surface area contributed by atoms with Crippen LogP contribution in [0.1, 0.15) is 24.2 Å². The Morgan fingerprint density at radius 2 is 1.54 bits per heavy atom. The largest absolute Gasteiger partial charge is 0.399 e. The lowest BCUT2D eigenvalue weighted by Crippen LogP contribution is -2.48. The Bertz CT molecular complexity index is 571. The topological polar surface area (TPSA) is 134 Å². The number of hydrogen-bond acceptors (Lipinski definition) is 7. The minimum Gasteiger partial charge on any atom is -0.399 e. The molecule has 2 aromatic carbocycles. The van der Waals surface area contributed by atoms with Gasteiger partial charge in [0.25, 0.3) is 0 Å². The highest BCUT2D eigenvalue weighted by Crippen LogP contribution is 2.12. The fourth-order valence-electron chi connectivity index (χ4n) is 1.78. The summed E-state index contributed by atoms with van der Waals surface area (Å²) in [6.45, 7) is 1.92. The number of aliphatic hydroxyl groups is 1. The maximum Gasteiger partial charge on any atom is 0.0938 e. The van der Waals surface area contributed by atoms with E-state index in [2.05, 4.69) is 16.2 Å². The molecule has 0 amide bonds. The van der Waals surface area contributed by atoms with Gasteiger partial charge < -0.3 is 27.6 Å². The normalized spacial score (nSPS) is 12.7. The third-order valence-electron chi connectivity index (χ3n) is 3.19. The molecule has 0 fully saturated rings. The quantitative estimate of drug-likeness (QED) is 0.237. The van der Waals surface area contributed by atoms with Gasteiger partial charge in [-0.05, 0) is 42.3 Å². The van der Waals surface area contributed by atoms with E-state index in [0.29, 0.717) is 0 Å². The number of nitrogens with two attached hydrogens (primary N) is 3. The van der Waals surface area contributed by atoms with Gasteiger partial charge in [-0.1, -0.05) is 24.3 Å². The van der Waals surface area contributed by atoms with E-state index in [1.165, 1.54) is 0 Å². The minimum atomic E-state index is -0.262. The van der Waals surface area contributed by atoms with E-state index in [9.17, 15) is 0 Å². The molecule has 132 valence electrons. The summed E-state index contributed by atoms with van der Waals surface area (Å²) >= 11 is 0. The van der Waals surface area contributed by atoms with Crippen molar-refractivity contribution in [1.29, 1.82) is 0 Å². The van der Waals surface area contributed by atoms with Gasteiger partial charge in [0.05, 0.1) is 18.9 Å². The smallest absolute Gasteiger partial charge is 0.0938 e. The first kappa shape index (κ1) is 19.9. The summed E-state index contributed by atoms with van der Waals surface area (Å²) in [4.78, 5) is 0. The average Bonchev–Trinajstić information content (AvgIpc) is 2.61. The van der Waals surface area contributed by atoms with Crippen molar-refractivity contribution in [2.45, 2.75) is 25.9 Å². The molecule has 2 unspecified atom stereocenters. The zero-order valence-corrected chi connectivity index (χ0v) is 14.2. The Morgan fingerprint density at radius 1 is 0.958 bits per heavy atom. The third kappa shape index (κ3) is 7.40. The molecule has 0 saturated heterocycles. The summed E-state index contributed by atoms with van der Waals surface area (Å²) in [5, 5.41) is 11.6. The van der Waals surface area contributed by atoms with Gasteiger partial charge in [-0.3, -0.25) is 0 Å². The second-order valence-electron chi connectivity index (χ2n) is 5.33. The second kappa shape index (κ2) is 10.6. The Labute approximate surface area is 143 Å². The van der Waals surface area contributed by atoms with Crippen molar-refractivity contribution < 1.29 is 5.11 Å². The molecule has 2 aromatic rings. The number of hydrogen-bond donors (Lipinski definition) is 7. The molecule has 0 aliphatic rings. The van der Waals surface area contributed by atoms with E-state index in [-0.39, 0.29) is 18.9 Å². The summed E-state index contributed by atoms with van der Waals surface area (Å²) < 4.78 is 0. The second-order valence-corrected chi connectivity index (χ2v) is 5.33. The molecule has 0 spiro atoms. The molecule has 0 saturated carbocycles. The zero-order valence-electron chi connectivity index (χ0n) is 14.2. The molecular formula is C17H28N6O. The van der Waals surface area contributed by atoms with Crippen LogP contribution in [0.5, 0.6) is 0 Å². The Hall–Kier alpha value is -2.16. The minimum absolute atomic E-state index is 0.0836. The lowest BCUT2D eigenvalue weighted by atomic mass is 10.1. The fourth-order valence-corrected chi connectivity index (χ4v) is 1.78. The predicted octanol–water partition coefficient (Wildman–Crippen LogP) is 0.846. The molecule has 24 heavy (non-hydrogen) atoms. The lowest BCUT2D eigenvalue weighted by molar-refractivity contribution is 0.282. The van der Waals surface area contributed by atoms with Crippen LogP contribution in [-0.2, 0) is 6.61 Å². The summed E-state index contributed by atoms with van der Waals surface area (Å²) in [6.07, 6.45) is -0.394. The molecule has 2 atom stereocenters. The first-order chi connectivity index (χ1) is 11.5. The Morgan fingerprint density at radius 3 is 2.00 bits per heavy atom. The van der Waals surface area contributed by atoms with Crippen LogP contribution in [0.3, 0.4) is 0 Å². The van der Waals surface area contributed by atoms with Crippen molar-refractivity contribution in [3.05, 3.63) is 59.7 Å². The van der Waals surface area contributed by atoms with Gasteiger partial charge in [0.15, 0.2) is 0 Å². The maximum atomic E-state index is 8.59. The highest BCUT2D eigenvalue weighted by molar-refractivity contribution is 5.44. The fraction of sp³-hybridized carbons (Fsp3) is 0.294. The monoisotopic (exact) mass is 332 g/mol. The van der Waals surface area contributed by atoms with Crippen LogP contribution >= 0.6 is 0 Å². The van der Waals surface area contributed by atoms with Crippen molar-refractivity contribution in [3.8, 4) is 0 Å². The molecule has 0 heterocycles. The average molecular weight is 332 g/mol. The highest BCUT2D eigenvalue weighted by atomic mass is 16.3.